The molecule has 31 heavy (non-hydrogen) atoms. The number of imidazole rings is 1. The maximum Gasteiger partial charge on any atom is 0.416 e. The second kappa shape index (κ2) is 8.36. The summed E-state index contributed by atoms with van der Waals surface area (Å²) in [5.41, 5.74) is 1.85. The van der Waals surface area contributed by atoms with E-state index >= 15 is 0 Å². The minimum Gasteiger partial charge on any atom is -0.490 e. The number of hydrogen-bond acceptors (Lipinski definition) is 3. The van der Waals surface area contributed by atoms with Gasteiger partial charge in [-0.15, -0.1) is 0 Å². The zero-order valence-corrected chi connectivity index (χ0v) is 17.6. The molecule has 0 saturated heterocycles. The first-order chi connectivity index (χ1) is 14.7. The topological polar surface area (TPSA) is 44.1 Å². The third kappa shape index (κ3) is 4.75. The van der Waals surface area contributed by atoms with E-state index in [4.69, 9.17) is 4.74 Å². The summed E-state index contributed by atoms with van der Waals surface area (Å²) in [6, 6.07) is 11.0. The number of ether oxygens (including phenoxy) is 1. The number of aromatic nitrogens is 2. The molecule has 1 aromatic heterocycles. The van der Waals surface area contributed by atoms with Gasteiger partial charge in [0.05, 0.1) is 22.7 Å². The van der Waals surface area contributed by atoms with Crippen molar-refractivity contribution in [2.75, 3.05) is 0 Å². The Bertz CT molecular complexity index is 1080. The maximum atomic E-state index is 12.8. The molecule has 7 heteroatoms. The number of halogens is 3. The van der Waals surface area contributed by atoms with Crippen molar-refractivity contribution >= 4 is 16.8 Å². The summed E-state index contributed by atoms with van der Waals surface area (Å²) < 4.78 is 46.4. The third-order valence-electron chi connectivity index (χ3n) is 6.14. The molecule has 4 rings (SSSR count). The number of aryl methyl sites for hydroxylation is 1. The molecule has 1 aliphatic carbocycles. The van der Waals surface area contributed by atoms with Gasteiger partial charge in [-0.25, -0.2) is 4.98 Å². The van der Waals surface area contributed by atoms with Crippen LogP contribution >= 0.6 is 0 Å². The van der Waals surface area contributed by atoms with Gasteiger partial charge in [0.25, 0.3) is 0 Å². The lowest BCUT2D eigenvalue weighted by Crippen LogP contribution is -2.26. The zero-order chi connectivity index (χ0) is 22.2. The summed E-state index contributed by atoms with van der Waals surface area (Å²) in [6.45, 7) is 1.66. The van der Waals surface area contributed by atoms with E-state index < -0.39 is 11.7 Å². The number of carbonyl (C=O) groups is 1. The number of carbonyl (C=O) groups excluding carboxylic acids is 1. The molecule has 0 atom stereocenters. The smallest absolute Gasteiger partial charge is 0.416 e. The first-order valence-corrected chi connectivity index (χ1v) is 10.5. The average Bonchev–Trinajstić information content (AvgIpc) is 3.03. The standard InChI is InChI=1S/C24H25F3N2O2/c1-15(30)17-5-9-19(10-6-17)31-20-11-12-22-21(14-20)28-23(29(22)2)13-16-3-7-18(8-4-16)24(25,26)27/h3-4,7-8,11-12,14,17,19H,5-6,9-10,13H2,1-2H3/t17-,19+. The molecular formula is C24H25F3N2O2. The zero-order valence-electron chi connectivity index (χ0n) is 17.6. The number of ketones is 1. The van der Waals surface area contributed by atoms with Crippen LogP contribution in [0.1, 0.15) is 49.6 Å². The number of fused-ring (bicyclic) bond motifs is 1. The first-order valence-electron chi connectivity index (χ1n) is 10.5. The lowest BCUT2D eigenvalue weighted by molar-refractivity contribution is -0.137. The van der Waals surface area contributed by atoms with Crippen molar-refractivity contribution < 1.29 is 22.7 Å². The Kier molecular flexibility index (Phi) is 5.77. The number of nitrogens with zero attached hydrogens (tertiary/aromatic N) is 2. The fraction of sp³-hybridized carbons (Fsp3) is 0.417. The first kappa shape index (κ1) is 21.4. The lowest BCUT2D eigenvalue weighted by Gasteiger charge is -2.27. The minimum absolute atomic E-state index is 0.100. The summed E-state index contributed by atoms with van der Waals surface area (Å²) in [7, 11) is 1.90. The average molecular weight is 430 g/mol. The maximum absolute atomic E-state index is 12.8. The van der Waals surface area contributed by atoms with Gasteiger partial charge < -0.3 is 9.30 Å². The molecule has 2 aromatic carbocycles. The van der Waals surface area contributed by atoms with Gasteiger partial charge in [-0.3, -0.25) is 4.79 Å². The van der Waals surface area contributed by atoms with E-state index in [0.717, 1.165) is 66.0 Å². The van der Waals surface area contributed by atoms with E-state index in [1.807, 2.05) is 29.8 Å². The molecule has 0 N–H and O–H groups in total. The van der Waals surface area contributed by atoms with E-state index in [1.54, 1.807) is 6.92 Å². The predicted octanol–water partition coefficient (Wildman–Crippen LogP) is 5.71. The molecule has 1 fully saturated rings. The summed E-state index contributed by atoms with van der Waals surface area (Å²) in [4.78, 5) is 16.2. The highest BCUT2D eigenvalue weighted by Gasteiger charge is 2.30. The molecule has 1 saturated carbocycles. The largest absolute Gasteiger partial charge is 0.490 e. The molecular weight excluding hydrogens is 405 g/mol. The third-order valence-corrected chi connectivity index (χ3v) is 6.14. The van der Waals surface area contributed by atoms with Gasteiger partial charge >= 0.3 is 6.18 Å². The van der Waals surface area contributed by atoms with Crippen LogP contribution in [0.3, 0.4) is 0 Å². The normalized spacial score (nSPS) is 19.5. The van der Waals surface area contributed by atoms with Gasteiger partial charge in [-0.05, 0) is 62.4 Å². The molecule has 164 valence electrons. The molecule has 3 aromatic rings. The highest BCUT2D eigenvalue weighted by Crippen LogP contribution is 2.31. The molecule has 0 bridgehead atoms. The van der Waals surface area contributed by atoms with Crippen LogP contribution in [0.15, 0.2) is 42.5 Å². The summed E-state index contributed by atoms with van der Waals surface area (Å²) in [5, 5.41) is 0. The van der Waals surface area contributed by atoms with E-state index in [-0.39, 0.29) is 17.8 Å². The van der Waals surface area contributed by atoms with Crippen molar-refractivity contribution in [2.24, 2.45) is 13.0 Å². The van der Waals surface area contributed by atoms with Crippen molar-refractivity contribution in [2.45, 2.75) is 51.3 Å². The number of benzene rings is 2. The summed E-state index contributed by atoms with van der Waals surface area (Å²) >= 11 is 0. The van der Waals surface area contributed by atoms with Gasteiger partial charge in [-0.2, -0.15) is 13.2 Å². The Labute approximate surface area is 179 Å². The Morgan fingerprint density at radius 3 is 2.39 bits per heavy atom. The molecule has 0 unspecified atom stereocenters. The highest BCUT2D eigenvalue weighted by atomic mass is 19.4. The fourth-order valence-electron chi connectivity index (χ4n) is 4.23. The Morgan fingerprint density at radius 1 is 1.10 bits per heavy atom. The Morgan fingerprint density at radius 2 is 1.77 bits per heavy atom. The van der Waals surface area contributed by atoms with Crippen molar-refractivity contribution in [3.05, 3.63) is 59.4 Å². The quantitative estimate of drug-likeness (QED) is 0.521. The van der Waals surface area contributed by atoms with Crippen LogP contribution in [0.5, 0.6) is 5.75 Å². The molecule has 0 radical (unpaired) electrons. The van der Waals surface area contributed by atoms with Crippen LogP contribution in [0, 0.1) is 5.92 Å². The molecule has 1 aliphatic rings. The van der Waals surface area contributed by atoms with E-state index in [1.165, 1.54) is 12.1 Å². The molecule has 1 heterocycles. The van der Waals surface area contributed by atoms with Crippen molar-refractivity contribution in [1.29, 1.82) is 0 Å². The second-order valence-electron chi connectivity index (χ2n) is 8.31. The van der Waals surface area contributed by atoms with Crippen LogP contribution in [0.25, 0.3) is 11.0 Å². The lowest BCUT2D eigenvalue weighted by atomic mass is 9.85. The Balaban J connectivity index is 1.47. The van der Waals surface area contributed by atoms with Crippen molar-refractivity contribution in [3.8, 4) is 5.75 Å². The monoisotopic (exact) mass is 430 g/mol. The Hall–Kier alpha value is -2.83. The number of rotatable bonds is 5. The highest BCUT2D eigenvalue weighted by molar-refractivity contribution is 5.78. The SMILES string of the molecule is CC(=O)[C@H]1CC[C@@H](Oc2ccc3c(c2)nc(Cc2ccc(C(F)(F)F)cc2)n3C)CC1. The van der Waals surface area contributed by atoms with Crippen LogP contribution in [-0.4, -0.2) is 21.4 Å². The van der Waals surface area contributed by atoms with E-state index in [0.29, 0.717) is 6.42 Å². The number of Topliss-reactive ketones (excluding diaryl/α,β-unsaturated/α-hetero) is 1. The number of alkyl halides is 3. The van der Waals surface area contributed by atoms with Crippen molar-refractivity contribution in [1.82, 2.24) is 9.55 Å². The van der Waals surface area contributed by atoms with Crippen LogP contribution in [0.4, 0.5) is 13.2 Å². The fourth-order valence-corrected chi connectivity index (χ4v) is 4.23. The van der Waals surface area contributed by atoms with E-state index in [2.05, 4.69) is 4.98 Å². The second-order valence-corrected chi connectivity index (χ2v) is 8.31. The summed E-state index contributed by atoms with van der Waals surface area (Å²) in [6.07, 6.45) is -0.338. The van der Waals surface area contributed by atoms with Gasteiger partial charge in [0.1, 0.15) is 17.4 Å². The predicted molar refractivity (Wildman–Crippen MR) is 112 cm³/mol. The van der Waals surface area contributed by atoms with Gasteiger partial charge in [0.2, 0.25) is 0 Å². The van der Waals surface area contributed by atoms with Crippen molar-refractivity contribution in [3.63, 3.8) is 0 Å². The minimum atomic E-state index is -4.34. The number of hydrogen-bond donors (Lipinski definition) is 0. The molecule has 4 nitrogen and oxygen atoms in total. The van der Waals surface area contributed by atoms with E-state index in [9.17, 15) is 18.0 Å². The summed E-state index contributed by atoms with van der Waals surface area (Å²) in [5.74, 6) is 1.94. The van der Waals surface area contributed by atoms with Crippen LogP contribution in [0.2, 0.25) is 0 Å². The van der Waals surface area contributed by atoms with Gasteiger partial charge in [0.15, 0.2) is 0 Å². The van der Waals surface area contributed by atoms with Crippen LogP contribution < -0.4 is 4.74 Å². The molecule has 0 amide bonds. The molecule has 0 aliphatic heterocycles. The van der Waals surface area contributed by atoms with Gasteiger partial charge in [0, 0.05) is 25.5 Å². The van der Waals surface area contributed by atoms with Crippen LogP contribution in [-0.2, 0) is 24.4 Å². The molecule has 0 spiro atoms. The van der Waals surface area contributed by atoms with Gasteiger partial charge in [-0.1, -0.05) is 12.1 Å².